The highest BCUT2D eigenvalue weighted by molar-refractivity contribution is 5.80. The fourth-order valence-corrected chi connectivity index (χ4v) is 3.02. The quantitative estimate of drug-likeness (QED) is 0.830. The lowest BCUT2D eigenvalue weighted by atomic mass is 10.1. The van der Waals surface area contributed by atoms with E-state index in [1.54, 1.807) is 0 Å². The third-order valence-electron chi connectivity index (χ3n) is 4.43. The van der Waals surface area contributed by atoms with E-state index < -0.39 is 6.10 Å². The zero-order chi connectivity index (χ0) is 16.3. The molecule has 0 aromatic heterocycles. The lowest BCUT2D eigenvalue weighted by Gasteiger charge is -2.25. The van der Waals surface area contributed by atoms with Crippen molar-refractivity contribution in [2.45, 2.75) is 45.8 Å². The van der Waals surface area contributed by atoms with Gasteiger partial charge in [-0.05, 0) is 56.8 Å². The molecule has 1 aliphatic rings. The molecule has 1 aromatic carbocycles. The largest absolute Gasteiger partial charge is 0.490 e. The van der Waals surface area contributed by atoms with Crippen LogP contribution in [0.3, 0.4) is 0 Å². The Morgan fingerprint density at radius 3 is 2.77 bits per heavy atom. The van der Waals surface area contributed by atoms with Crippen molar-refractivity contribution in [2.75, 3.05) is 19.7 Å². The van der Waals surface area contributed by atoms with Crippen molar-refractivity contribution in [3.05, 3.63) is 28.8 Å². The van der Waals surface area contributed by atoms with E-state index in [0.29, 0.717) is 6.54 Å². The number of carbonyl (C=O) groups is 1. The van der Waals surface area contributed by atoms with Crippen LogP contribution in [0.2, 0.25) is 0 Å². The number of aliphatic hydroxyl groups is 1. The van der Waals surface area contributed by atoms with Gasteiger partial charge in [-0.3, -0.25) is 9.69 Å². The zero-order valence-electron chi connectivity index (χ0n) is 13.6. The van der Waals surface area contributed by atoms with Gasteiger partial charge in [-0.15, -0.1) is 0 Å². The Bertz CT molecular complexity index is 545. The number of hydrogen-bond donors (Lipinski definition) is 2. The van der Waals surface area contributed by atoms with Crippen molar-refractivity contribution in [1.29, 1.82) is 0 Å². The van der Waals surface area contributed by atoms with Crippen LogP contribution in [-0.4, -0.2) is 47.8 Å². The summed E-state index contributed by atoms with van der Waals surface area (Å²) in [5.74, 6) is 0.530. The number of hydrogen-bond acceptors (Lipinski definition) is 4. The molecule has 5 heteroatoms. The molecule has 5 nitrogen and oxygen atoms in total. The molecule has 2 atom stereocenters. The molecule has 0 unspecified atom stereocenters. The van der Waals surface area contributed by atoms with Gasteiger partial charge >= 0.3 is 0 Å². The van der Waals surface area contributed by atoms with Crippen LogP contribution in [0, 0.1) is 20.8 Å². The summed E-state index contributed by atoms with van der Waals surface area (Å²) in [4.78, 5) is 13.3. The summed E-state index contributed by atoms with van der Waals surface area (Å²) in [5.41, 5.74) is 8.72. The summed E-state index contributed by atoms with van der Waals surface area (Å²) in [6, 6.07) is 3.83. The minimum Gasteiger partial charge on any atom is -0.490 e. The fraction of sp³-hybridized carbons (Fsp3) is 0.588. The van der Waals surface area contributed by atoms with Gasteiger partial charge in [-0.2, -0.15) is 0 Å². The fourth-order valence-electron chi connectivity index (χ4n) is 3.02. The SMILES string of the molecule is Cc1ccc(C)c(OC[C@H](O)CN2CCC[C@@H]2C(N)=O)c1C. The van der Waals surface area contributed by atoms with Gasteiger partial charge in [0.15, 0.2) is 0 Å². The first-order valence-electron chi connectivity index (χ1n) is 7.81. The van der Waals surface area contributed by atoms with Gasteiger partial charge in [0, 0.05) is 6.54 Å². The van der Waals surface area contributed by atoms with Crippen LogP contribution in [0.1, 0.15) is 29.5 Å². The van der Waals surface area contributed by atoms with Gasteiger partial charge in [0.25, 0.3) is 0 Å². The Hall–Kier alpha value is -1.59. The van der Waals surface area contributed by atoms with Crippen molar-refractivity contribution in [3.8, 4) is 5.75 Å². The van der Waals surface area contributed by atoms with E-state index in [4.69, 9.17) is 10.5 Å². The predicted molar refractivity (Wildman–Crippen MR) is 85.9 cm³/mol. The topological polar surface area (TPSA) is 75.8 Å². The first-order valence-corrected chi connectivity index (χ1v) is 7.81. The maximum atomic E-state index is 11.4. The minimum absolute atomic E-state index is 0.215. The lowest BCUT2D eigenvalue weighted by Crippen LogP contribution is -2.44. The molecule has 0 bridgehead atoms. The first kappa shape index (κ1) is 16.8. The Kier molecular flexibility index (Phi) is 5.42. The first-order chi connectivity index (χ1) is 10.4. The molecule has 0 aliphatic carbocycles. The molecular formula is C17H26N2O3. The molecule has 1 saturated heterocycles. The van der Waals surface area contributed by atoms with E-state index in [9.17, 15) is 9.90 Å². The number of rotatable bonds is 6. The van der Waals surface area contributed by atoms with Crippen LogP contribution in [0.5, 0.6) is 5.75 Å². The molecule has 0 saturated carbocycles. The summed E-state index contributed by atoms with van der Waals surface area (Å²) in [6.45, 7) is 7.49. The average molecular weight is 306 g/mol. The molecule has 3 N–H and O–H groups in total. The van der Waals surface area contributed by atoms with Crippen molar-refractivity contribution in [2.24, 2.45) is 5.73 Å². The van der Waals surface area contributed by atoms with Gasteiger partial charge in [0.2, 0.25) is 5.91 Å². The number of amides is 1. The average Bonchev–Trinajstić information content (AvgIpc) is 2.91. The normalized spacial score (nSPS) is 20.1. The summed E-state index contributed by atoms with van der Waals surface area (Å²) < 4.78 is 5.82. The Morgan fingerprint density at radius 1 is 1.41 bits per heavy atom. The Morgan fingerprint density at radius 2 is 2.09 bits per heavy atom. The van der Waals surface area contributed by atoms with Crippen LogP contribution >= 0.6 is 0 Å². The van der Waals surface area contributed by atoms with Gasteiger partial charge in [-0.25, -0.2) is 0 Å². The van der Waals surface area contributed by atoms with E-state index in [-0.39, 0.29) is 18.6 Å². The lowest BCUT2D eigenvalue weighted by molar-refractivity contribution is -0.122. The molecular weight excluding hydrogens is 280 g/mol. The van der Waals surface area contributed by atoms with E-state index in [2.05, 4.69) is 6.07 Å². The number of β-amino-alcohol motifs (C(OH)–C–C–N with tert-alkyl or cyclic N) is 1. The molecule has 1 aliphatic heterocycles. The van der Waals surface area contributed by atoms with Gasteiger partial charge in [-0.1, -0.05) is 12.1 Å². The molecule has 0 radical (unpaired) electrons. The molecule has 1 fully saturated rings. The van der Waals surface area contributed by atoms with Crippen molar-refractivity contribution < 1.29 is 14.6 Å². The van der Waals surface area contributed by atoms with Gasteiger partial charge in [0.1, 0.15) is 18.5 Å². The summed E-state index contributed by atoms with van der Waals surface area (Å²) in [5, 5.41) is 10.2. The van der Waals surface area contributed by atoms with E-state index >= 15 is 0 Å². The second-order valence-electron chi connectivity index (χ2n) is 6.17. The van der Waals surface area contributed by atoms with Gasteiger partial charge < -0.3 is 15.6 Å². The molecule has 1 heterocycles. The number of aliphatic hydroxyl groups excluding tert-OH is 1. The van der Waals surface area contributed by atoms with Crippen LogP contribution in [0.15, 0.2) is 12.1 Å². The van der Waals surface area contributed by atoms with Crippen molar-refractivity contribution >= 4 is 5.91 Å². The number of carbonyl (C=O) groups excluding carboxylic acids is 1. The number of nitrogens with zero attached hydrogens (tertiary/aromatic N) is 1. The Balaban J connectivity index is 1.92. The summed E-state index contributed by atoms with van der Waals surface area (Å²) in [6.07, 6.45) is 1.08. The number of nitrogens with two attached hydrogens (primary N) is 1. The van der Waals surface area contributed by atoms with Crippen LogP contribution in [-0.2, 0) is 4.79 Å². The highest BCUT2D eigenvalue weighted by Crippen LogP contribution is 2.26. The smallest absolute Gasteiger partial charge is 0.234 e. The van der Waals surface area contributed by atoms with E-state index in [0.717, 1.165) is 36.3 Å². The number of primary amides is 1. The third kappa shape index (κ3) is 3.78. The second kappa shape index (κ2) is 7.11. The number of benzene rings is 1. The monoisotopic (exact) mass is 306 g/mol. The highest BCUT2D eigenvalue weighted by Gasteiger charge is 2.30. The minimum atomic E-state index is -0.640. The second-order valence-corrected chi connectivity index (χ2v) is 6.17. The summed E-state index contributed by atoms with van der Waals surface area (Å²) >= 11 is 0. The molecule has 1 aromatic rings. The van der Waals surface area contributed by atoms with Crippen LogP contribution in [0.25, 0.3) is 0 Å². The van der Waals surface area contributed by atoms with Crippen LogP contribution in [0.4, 0.5) is 0 Å². The van der Waals surface area contributed by atoms with Crippen molar-refractivity contribution in [1.82, 2.24) is 4.90 Å². The number of ether oxygens (including phenoxy) is 1. The number of likely N-dealkylation sites (tertiary alicyclic amines) is 1. The molecule has 122 valence electrons. The molecule has 1 amide bonds. The van der Waals surface area contributed by atoms with Crippen molar-refractivity contribution in [3.63, 3.8) is 0 Å². The predicted octanol–water partition coefficient (Wildman–Crippen LogP) is 1.30. The molecule has 2 rings (SSSR count). The zero-order valence-corrected chi connectivity index (χ0v) is 13.6. The summed E-state index contributed by atoms with van der Waals surface area (Å²) in [7, 11) is 0. The van der Waals surface area contributed by atoms with E-state index in [1.807, 2.05) is 31.7 Å². The molecule has 22 heavy (non-hydrogen) atoms. The number of aryl methyl sites for hydroxylation is 2. The molecule has 0 spiro atoms. The third-order valence-corrected chi connectivity index (χ3v) is 4.43. The van der Waals surface area contributed by atoms with E-state index in [1.165, 1.54) is 5.56 Å². The van der Waals surface area contributed by atoms with Crippen LogP contribution < -0.4 is 10.5 Å². The Labute approximate surface area is 132 Å². The maximum absolute atomic E-state index is 11.4. The van der Waals surface area contributed by atoms with Gasteiger partial charge in [0.05, 0.1) is 6.04 Å². The maximum Gasteiger partial charge on any atom is 0.234 e. The standard InChI is InChI=1S/C17H26N2O3/c1-11-6-7-12(2)16(13(11)3)22-10-14(20)9-19-8-4-5-15(19)17(18)21/h6-7,14-15,20H,4-5,8-10H2,1-3H3,(H2,18,21)/t14-,15-/m1/s1. The highest BCUT2D eigenvalue weighted by atomic mass is 16.5.